The first-order valence-electron chi connectivity index (χ1n) is 13.5. The Morgan fingerprint density at radius 1 is 0.667 bits per heavy atom. The van der Waals surface area contributed by atoms with Gasteiger partial charge >= 0.3 is 5.97 Å². The van der Waals surface area contributed by atoms with Gasteiger partial charge in [-0.3, -0.25) is 14.4 Å². The maximum absolute atomic E-state index is 14.1. The van der Waals surface area contributed by atoms with E-state index in [0.29, 0.717) is 5.56 Å². The number of Topliss-reactive ketones (excluding diaryl/α,β-unsaturated/α-hetero) is 1. The molecule has 3 aliphatic carbocycles. The SMILES string of the molecule is C[C@H](OC(=O)c1ccc(N2C(=O)[C@@H]3[C@H](C2=O)C2(Cl)c4ccccc4C3(Cl)c3ccccc32)cc1)C(=O)c1ccccc1. The van der Waals surface area contributed by atoms with E-state index in [-0.39, 0.29) is 17.0 Å². The summed E-state index contributed by atoms with van der Waals surface area (Å²) in [6.07, 6.45) is -0.997. The number of halogens is 2. The number of hydrogen-bond acceptors (Lipinski definition) is 5. The summed E-state index contributed by atoms with van der Waals surface area (Å²) in [5, 5.41) is 0. The Morgan fingerprint density at radius 2 is 1.10 bits per heavy atom. The number of imide groups is 1. The summed E-state index contributed by atoms with van der Waals surface area (Å²) in [6.45, 7) is 1.51. The molecule has 2 amide bonds. The summed E-state index contributed by atoms with van der Waals surface area (Å²) in [5.41, 5.74) is 3.79. The first kappa shape index (κ1) is 26.6. The van der Waals surface area contributed by atoms with Crippen molar-refractivity contribution in [2.75, 3.05) is 4.90 Å². The van der Waals surface area contributed by atoms with E-state index in [1.807, 2.05) is 48.5 Å². The molecule has 2 bridgehead atoms. The molecule has 0 N–H and O–H groups in total. The van der Waals surface area contributed by atoms with Crippen LogP contribution >= 0.6 is 23.2 Å². The van der Waals surface area contributed by atoms with Crippen molar-refractivity contribution in [3.63, 3.8) is 0 Å². The highest BCUT2D eigenvalue weighted by Crippen LogP contribution is 2.69. The van der Waals surface area contributed by atoms with Gasteiger partial charge < -0.3 is 4.74 Å². The minimum Gasteiger partial charge on any atom is -0.451 e. The van der Waals surface area contributed by atoms with Crippen LogP contribution in [0.4, 0.5) is 5.69 Å². The molecule has 6 nitrogen and oxygen atoms in total. The predicted octanol–water partition coefficient (Wildman–Crippen LogP) is 6.21. The van der Waals surface area contributed by atoms with Gasteiger partial charge in [0.15, 0.2) is 6.10 Å². The molecule has 8 heteroatoms. The lowest BCUT2D eigenvalue weighted by Gasteiger charge is -2.54. The Kier molecular flexibility index (Phi) is 5.95. The molecule has 1 aliphatic heterocycles. The van der Waals surface area contributed by atoms with Gasteiger partial charge in [-0.2, -0.15) is 0 Å². The number of benzene rings is 4. The fraction of sp³-hybridized carbons (Fsp3) is 0.176. The van der Waals surface area contributed by atoms with E-state index in [9.17, 15) is 19.2 Å². The molecule has 4 aliphatic rings. The highest BCUT2D eigenvalue weighted by molar-refractivity contribution is 6.38. The van der Waals surface area contributed by atoms with E-state index in [1.165, 1.54) is 31.2 Å². The van der Waals surface area contributed by atoms with Gasteiger partial charge in [-0.1, -0.05) is 78.9 Å². The standard InChI is InChI=1S/C34H23Cl2NO5/c1-19(29(38)20-9-3-2-4-10-20)42-32(41)21-15-17-22(18-16-21)37-30(39)27-28(31(37)40)34(36)24-12-6-5-11-23(24)33(27,35)25-13-7-8-14-26(25)34/h2-19,27-28H,1H3/t19-,27-,28+,33?,34?/m0/s1. The van der Waals surface area contributed by atoms with Crippen LogP contribution in [-0.2, 0) is 24.1 Å². The van der Waals surface area contributed by atoms with Gasteiger partial charge in [-0.25, -0.2) is 9.69 Å². The number of alkyl halides is 2. The molecular weight excluding hydrogens is 573 g/mol. The topological polar surface area (TPSA) is 80.8 Å². The monoisotopic (exact) mass is 595 g/mol. The normalized spacial score (nSPS) is 25.8. The highest BCUT2D eigenvalue weighted by atomic mass is 35.5. The van der Waals surface area contributed by atoms with Crippen LogP contribution in [0.2, 0.25) is 0 Å². The summed E-state index contributed by atoms with van der Waals surface area (Å²) in [5.74, 6) is -3.78. The summed E-state index contributed by atoms with van der Waals surface area (Å²) >= 11 is 14.9. The van der Waals surface area contributed by atoms with Crippen LogP contribution in [0.3, 0.4) is 0 Å². The van der Waals surface area contributed by atoms with Crippen LogP contribution in [0.1, 0.15) is 49.9 Å². The Hall–Kier alpha value is -4.26. The summed E-state index contributed by atoms with van der Waals surface area (Å²) in [6, 6.07) is 29.4. The van der Waals surface area contributed by atoms with Gasteiger partial charge in [0.25, 0.3) is 0 Å². The van der Waals surface area contributed by atoms with E-state index in [2.05, 4.69) is 0 Å². The molecule has 0 unspecified atom stereocenters. The Morgan fingerprint density at radius 3 is 1.55 bits per heavy atom. The lowest BCUT2D eigenvalue weighted by molar-refractivity contribution is -0.122. The second-order valence-electron chi connectivity index (χ2n) is 10.8. The molecule has 0 spiro atoms. The van der Waals surface area contributed by atoms with Crippen molar-refractivity contribution in [3.8, 4) is 0 Å². The van der Waals surface area contributed by atoms with E-state index in [4.69, 9.17) is 27.9 Å². The number of rotatable bonds is 5. The third-order valence-electron chi connectivity index (χ3n) is 8.66. The zero-order valence-electron chi connectivity index (χ0n) is 22.3. The van der Waals surface area contributed by atoms with Crippen LogP contribution in [0, 0.1) is 11.8 Å². The number of ether oxygens (including phenoxy) is 1. The van der Waals surface area contributed by atoms with Crippen molar-refractivity contribution in [1.82, 2.24) is 0 Å². The number of hydrogen-bond donors (Lipinski definition) is 0. The fourth-order valence-corrected chi connectivity index (χ4v) is 7.89. The molecule has 0 aromatic heterocycles. The maximum atomic E-state index is 14.1. The molecule has 1 heterocycles. The second-order valence-corrected chi connectivity index (χ2v) is 12.0. The van der Waals surface area contributed by atoms with Crippen LogP contribution in [0.15, 0.2) is 103 Å². The van der Waals surface area contributed by atoms with Gasteiger partial charge in [0.2, 0.25) is 17.6 Å². The predicted molar refractivity (Wildman–Crippen MR) is 158 cm³/mol. The highest BCUT2D eigenvalue weighted by Gasteiger charge is 2.73. The van der Waals surface area contributed by atoms with Crippen molar-refractivity contribution >= 4 is 52.5 Å². The minimum absolute atomic E-state index is 0.172. The van der Waals surface area contributed by atoms with Crippen molar-refractivity contribution in [2.45, 2.75) is 22.8 Å². The minimum atomic E-state index is -1.28. The second kappa shape index (κ2) is 9.38. The van der Waals surface area contributed by atoms with Crippen LogP contribution in [-0.4, -0.2) is 29.7 Å². The molecule has 8 rings (SSSR count). The summed E-state index contributed by atoms with van der Waals surface area (Å²) < 4.78 is 5.40. The Labute approximate surface area is 251 Å². The number of ketones is 1. The van der Waals surface area contributed by atoms with E-state index >= 15 is 0 Å². The van der Waals surface area contributed by atoms with E-state index in [1.54, 1.807) is 30.3 Å². The third-order valence-corrected chi connectivity index (χ3v) is 9.94. The lowest BCUT2D eigenvalue weighted by atomic mass is 9.54. The van der Waals surface area contributed by atoms with E-state index in [0.717, 1.165) is 27.2 Å². The average molecular weight is 596 g/mol. The molecule has 4 aromatic rings. The third kappa shape index (κ3) is 3.45. The van der Waals surface area contributed by atoms with E-state index < -0.39 is 45.5 Å². The molecule has 3 atom stereocenters. The van der Waals surface area contributed by atoms with Gasteiger partial charge in [0.05, 0.1) is 23.1 Å². The molecule has 1 saturated heterocycles. The van der Waals surface area contributed by atoms with Gasteiger partial charge in [0.1, 0.15) is 9.75 Å². The largest absolute Gasteiger partial charge is 0.451 e. The number of nitrogens with zero attached hydrogens (tertiary/aromatic N) is 1. The molecule has 0 saturated carbocycles. The number of carbonyl (C=O) groups is 4. The number of amides is 2. The van der Waals surface area contributed by atoms with Gasteiger partial charge in [0, 0.05) is 5.56 Å². The first-order chi connectivity index (χ1) is 20.2. The molecule has 4 aromatic carbocycles. The van der Waals surface area contributed by atoms with Crippen molar-refractivity contribution in [2.24, 2.45) is 11.8 Å². The quantitative estimate of drug-likeness (QED) is 0.118. The van der Waals surface area contributed by atoms with Crippen LogP contribution < -0.4 is 4.90 Å². The van der Waals surface area contributed by atoms with Crippen LogP contribution in [0.25, 0.3) is 0 Å². The zero-order valence-corrected chi connectivity index (χ0v) is 23.8. The van der Waals surface area contributed by atoms with Crippen molar-refractivity contribution in [1.29, 1.82) is 0 Å². The smallest absolute Gasteiger partial charge is 0.338 e. The molecule has 0 radical (unpaired) electrons. The summed E-state index contributed by atoms with van der Waals surface area (Å²) in [7, 11) is 0. The van der Waals surface area contributed by atoms with Crippen molar-refractivity contribution in [3.05, 3.63) is 137 Å². The van der Waals surface area contributed by atoms with Gasteiger partial charge in [-0.05, 0) is 53.4 Å². The fourth-order valence-electron chi connectivity index (χ4n) is 6.79. The van der Waals surface area contributed by atoms with Crippen molar-refractivity contribution < 1.29 is 23.9 Å². The first-order valence-corrected chi connectivity index (χ1v) is 14.3. The number of esters is 1. The summed E-state index contributed by atoms with van der Waals surface area (Å²) in [4.78, 5) is 52.3. The number of anilines is 1. The Bertz CT molecular complexity index is 1680. The lowest BCUT2D eigenvalue weighted by Crippen LogP contribution is -2.57. The molecule has 1 fully saturated rings. The Balaban J connectivity index is 1.20. The maximum Gasteiger partial charge on any atom is 0.338 e. The zero-order chi connectivity index (χ0) is 29.4. The van der Waals surface area contributed by atoms with Gasteiger partial charge in [-0.15, -0.1) is 23.2 Å². The number of carbonyl (C=O) groups excluding carboxylic acids is 4. The van der Waals surface area contributed by atoms with Crippen LogP contribution in [0.5, 0.6) is 0 Å². The molecule has 208 valence electrons. The molecular formula is C34H23Cl2NO5. The molecule has 42 heavy (non-hydrogen) atoms. The average Bonchev–Trinajstić information content (AvgIpc) is 3.30.